The molecule has 0 aliphatic rings. The molecular weight excluding hydrogens is 112 g/mol. The van der Waals surface area contributed by atoms with Gasteiger partial charge in [-0.25, -0.2) is 4.98 Å². The van der Waals surface area contributed by atoms with Gasteiger partial charge in [0.15, 0.2) is 0 Å². The molecule has 0 saturated carbocycles. The third-order valence-electron chi connectivity index (χ3n) is 1.12. The van der Waals surface area contributed by atoms with Crippen molar-refractivity contribution in [1.29, 1.82) is 0 Å². The lowest BCUT2D eigenvalue weighted by atomic mass is 10.1. The van der Waals surface area contributed by atoms with Gasteiger partial charge in [-0.15, -0.1) is 0 Å². The molecule has 1 aromatic heterocycles. The van der Waals surface area contributed by atoms with Gasteiger partial charge in [-0.3, -0.25) is 4.98 Å². The molecule has 9 heavy (non-hydrogen) atoms. The van der Waals surface area contributed by atoms with E-state index < -0.39 is 0 Å². The lowest BCUT2D eigenvalue weighted by Crippen LogP contribution is -1.91. The molecular formula is C7H9N2. The molecule has 0 spiro atoms. The minimum Gasteiger partial charge on any atom is -0.260 e. The summed E-state index contributed by atoms with van der Waals surface area (Å²) in [6.07, 6.45) is 6.01. The average molecular weight is 121 g/mol. The second-order valence-electron chi connectivity index (χ2n) is 2.23. The molecule has 0 aliphatic carbocycles. The van der Waals surface area contributed by atoms with Crippen LogP contribution in [0.4, 0.5) is 0 Å². The Morgan fingerprint density at radius 2 is 2.33 bits per heavy atom. The SMILES string of the molecule is CC(C)c1cnc[c]n1. The number of aromatic nitrogens is 2. The van der Waals surface area contributed by atoms with Crippen molar-refractivity contribution >= 4 is 0 Å². The van der Waals surface area contributed by atoms with Gasteiger partial charge in [0.05, 0.1) is 11.9 Å². The predicted octanol–water partition coefficient (Wildman–Crippen LogP) is 1.40. The minimum atomic E-state index is 0.454. The van der Waals surface area contributed by atoms with Crippen molar-refractivity contribution in [2.75, 3.05) is 0 Å². The van der Waals surface area contributed by atoms with Gasteiger partial charge in [0.2, 0.25) is 0 Å². The van der Waals surface area contributed by atoms with Crippen molar-refractivity contribution in [3.8, 4) is 0 Å². The highest BCUT2D eigenvalue weighted by atomic mass is 14.8. The molecule has 0 fully saturated rings. The number of hydrogen-bond acceptors (Lipinski definition) is 2. The summed E-state index contributed by atoms with van der Waals surface area (Å²) in [5.74, 6) is 0.454. The first kappa shape index (κ1) is 6.20. The Morgan fingerprint density at radius 1 is 1.56 bits per heavy atom. The highest BCUT2D eigenvalue weighted by molar-refractivity contribution is 4.98. The highest BCUT2D eigenvalue weighted by Crippen LogP contribution is 2.06. The van der Waals surface area contributed by atoms with E-state index in [-0.39, 0.29) is 0 Å². The van der Waals surface area contributed by atoms with E-state index in [1.54, 1.807) is 12.4 Å². The fraction of sp³-hybridized carbons (Fsp3) is 0.429. The maximum Gasteiger partial charge on any atom is 0.109 e. The molecule has 0 N–H and O–H groups in total. The normalized spacial score (nSPS) is 10.1. The summed E-state index contributed by atoms with van der Waals surface area (Å²) in [7, 11) is 0. The van der Waals surface area contributed by atoms with E-state index >= 15 is 0 Å². The predicted molar refractivity (Wildman–Crippen MR) is 35.0 cm³/mol. The summed E-state index contributed by atoms with van der Waals surface area (Å²) in [4.78, 5) is 7.88. The fourth-order valence-corrected chi connectivity index (χ4v) is 0.557. The Morgan fingerprint density at radius 3 is 2.67 bits per heavy atom. The van der Waals surface area contributed by atoms with Gasteiger partial charge in [-0.05, 0) is 5.92 Å². The van der Waals surface area contributed by atoms with Gasteiger partial charge in [0.25, 0.3) is 0 Å². The second-order valence-corrected chi connectivity index (χ2v) is 2.23. The quantitative estimate of drug-likeness (QED) is 0.561. The molecule has 1 radical (unpaired) electrons. The summed E-state index contributed by atoms with van der Waals surface area (Å²) >= 11 is 0. The molecule has 1 aromatic rings. The van der Waals surface area contributed by atoms with Crippen LogP contribution >= 0.6 is 0 Å². The summed E-state index contributed by atoms with van der Waals surface area (Å²) in [6.45, 7) is 4.16. The van der Waals surface area contributed by atoms with Crippen LogP contribution < -0.4 is 0 Å². The van der Waals surface area contributed by atoms with Gasteiger partial charge >= 0.3 is 0 Å². The summed E-state index contributed by atoms with van der Waals surface area (Å²) < 4.78 is 0. The lowest BCUT2D eigenvalue weighted by Gasteiger charge is -1.99. The molecule has 1 heterocycles. The molecule has 0 unspecified atom stereocenters. The molecule has 47 valence electrons. The molecule has 0 aliphatic heterocycles. The average Bonchev–Trinajstić information content (AvgIpc) is 1.90. The van der Waals surface area contributed by atoms with E-state index in [4.69, 9.17) is 0 Å². The molecule has 0 amide bonds. The Bertz CT molecular complexity index is 170. The van der Waals surface area contributed by atoms with Gasteiger partial charge in [-0.2, -0.15) is 0 Å². The molecule has 0 aromatic carbocycles. The molecule has 0 saturated heterocycles. The van der Waals surface area contributed by atoms with Crippen LogP contribution in [0.3, 0.4) is 0 Å². The van der Waals surface area contributed by atoms with Crippen molar-refractivity contribution in [1.82, 2.24) is 9.97 Å². The van der Waals surface area contributed by atoms with Crippen molar-refractivity contribution in [3.05, 3.63) is 24.3 Å². The zero-order valence-electron chi connectivity index (χ0n) is 5.63. The van der Waals surface area contributed by atoms with Crippen LogP contribution in [-0.4, -0.2) is 9.97 Å². The van der Waals surface area contributed by atoms with Crippen LogP contribution in [0.1, 0.15) is 25.5 Å². The van der Waals surface area contributed by atoms with Gasteiger partial charge < -0.3 is 0 Å². The fourth-order valence-electron chi connectivity index (χ4n) is 0.557. The van der Waals surface area contributed by atoms with Gasteiger partial charge in [0.1, 0.15) is 6.20 Å². The Hall–Kier alpha value is -0.920. The van der Waals surface area contributed by atoms with Crippen LogP contribution in [0.25, 0.3) is 0 Å². The topological polar surface area (TPSA) is 25.8 Å². The second kappa shape index (κ2) is 2.58. The third-order valence-corrected chi connectivity index (χ3v) is 1.12. The maximum atomic E-state index is 3.99. The number of nitrogens with zero attached hydrogens (tertiary/aromatic N) is 2. The van der Waals surface area contributed by atoms with E-state index in [1.807, 2.05) is 0 Å². The molecule has 2 heteroatoms. The van der Waals surface area contributed by atoms with Crippen LogP contribution in [0, 0.1) is 6.20 Å². The maximum absolute atomic E-state index is 3.99. The smallest absolute Gasteiger partial charge is 0.109 e. The number of hydrogen-bond donors (Lipinski definition) is 0. The minimum absolute atomic E-state index is 0.454. The van der Waals surface area contributed by atoms with E-state index in [1.165, 1.54) is 0 Å². The Balaban J connectivity index is 2.85. The van der Waals surface area contributed by atoms with Gasteiger partial charge in [-0.1, -0.05) is 13.8 Å². The Labute approximate surface area is 55.0 Å². The van der Waals surface area contributed by atoms with E-state index in [9.17, 15) is 0 Å². The number of rotatable bonds is 1. The summed E-state index contributed by atoms with van der Waals surface area (Å²) in [5, 5.41) is 0. The van der Waals surface area contributed by atoms with Crippen LogP contribution in [0.15, 0.2) is 12.4 Å². The van der Waals surface area contributed by atoms with E-state index in [0.717, 1.165) is 5.69 Å². The van der Waals surface area contributed by atoms with E-state index in [0.29, 0.717) is 5.92 Å². The van der Waals surface area contributed by atoms with E-state index in [2.05, 4.69) is 30.0 Å². The molecule has 1 rings (SSSR count). The molecule has 0 bridgehead atoms. The lowest BCUT2D eigenvalue weighted by molar-refractivity contribution is 0.810. The zero-order valence-corrected chi connectivity index (χ0v) is 5.63. The standard InChI is InChI=1S/C7H9N2/c1-6(2)7-5-8-3-4-9-7/h3,5-6H,1-2H3. The zero-order chi connectivity index (χ0) is 6.69. The van der Waals surface area contributed by atoms with Crippen LogP contribution in [0.5, 0.6) is 0 Å². The van der Waals surface area contributed by atoms with Gasteiger partial charge in [0, 0.05) is 6.20 Å². The van der Waals surface area contributed by atoms with Crippen molar-refractivity contribution < 1.29 is 0 Å². The first-order valence-corrected chi connectivity index (χ1v) is 2.98. The molecule has 2 nitrogen and oxygen atoms in total. The highest BCUT2D eigenvalue weighted by Gasteiger charge is 1.96. The largest absolute Gasteiger partial charge is 0.260 e. The van der Waals surface area contributed by atoms with Crippen molar-refractivity contribution in [2.45, 2.75) is 19.8 Å². The first-order valence-electron chi connectivity index (χ1n) is 2.98. The summed E-state index contributed by atoms with van der Waals surface area (Å²) in [5.41, 5.74) is 0.998. The molecule has 0 atom stereocenters. The third kappa shape index (κ3) is 1.49. The first-order chi connectivity index (χ1) is 4.30. The Kier molecular flexibility index (Phi) is 1.78. The monoisotopic (exact) mass is 121 g/mol. The van der Waals surface area contributed by atoms with Crippen molar-refractivity contribution in [2.24, 2.45) is 0 Å². The van der Waals surface area contributed by atoms with Crippen molar-refractivity contribution in [3.63, 3.8) is 0 Å². The van der Waals surface area contributed by atoms with Crippen LogP contribution in [-0.2, 0) is 0 Å². The summed E-state index contributed by atoms with van der Waals surface area (Å²) in [6, 6.07) is 0. The van der Waals surface area contributed by atoms with Crippen LogP contribution in [0.2, 0.25) is 0 Å².